The van der Waals surface area contributed by atoms with Crippen molar-refractivity contribution in [2.24, 2.45) is 0 Å². The van der Waals surface area contributed by atoms with Gasteiger partial charge in [0.2, 0.25) is 5.91 Å². The Hall–Kier alpha value is -1.37. The summed E-state index contributed by atoms with van der Waals surface area (Å²) in [5.41, 5.74) is 0. The van der Waals surface area contributed by atoms with E-state index in [2.05, 4.69) is 15.4 Å². The van der Waals surface area contributed by atoms with Crippen LogP contribution in [0.5, 0.6) is 0 Å². The number of hydrogen-bond donors (Lipinski definition) is 1. The van der Waals surface area contributed by atoms with Gasteiger partial charge in [0.15, 0.2) is 0 Å². The van der Waals surface area contributed by atoms with E-state index in [0.29, 0.717) is 13.0 Å². The van der Waals surface area contributed by atoms with Gasteiger partial charge in [-0.1, -0.05) is 0 Å². The lowest BCUT2D eigenvalue weighted by atomic mass is 10.3. The zero-order valence-corrected chi connectivity index (χ0v) is 10.0. The number of ketones is 1. The highest BCUT2D eigenvalue weighted by atomic mass is 32.2. The van der Waals surface area contributed by atoms with E-state index in [-0.39, 0.29) is 16.9 Å². The maximum Gasteiger partial charge on any atom is 0.234 e. The summed E-state index contributed by atoms with van der Waals surface area (Å²) < 4.78 is 1.52. The fourth-order valence-corrected chi connectivity index (χ4v) is 1.68. The number of carbonyl (C=O) groups excluding carboxylic acids is 2. The number of carbonyl (C=O) groups is 2. The summed E-state index contributed by atoms with van der Waals surface area (Å²) in [5.74, 6) is -0.0429. The highest BCUT2D eigenvalue weighted by molar-refractivity contribution is 7.99. The Kier molecular flexibility index (Phi) is 4.97. The first-order valence-electron chi connectivity index (χ1n) is 4.88. The third-order valence-electron chi connectivity index (χ3n) is 1.81. The summed E-state index contributed by atoms with van der Waals surface area (Å²) in [6.45, 7) is 3.66. The minimum Gasteiger partial charge on any atom is -0.355 e. The van der Waals surface area contributed by atoms with Crippen LogP contribution in [0, 0.1) is 0 Å². The molecule has 0 aliphatic rings. The lowest BCUT2D eigenvalue weighted by molar-refractivity contribution is -0.120. The summed E-state index contributed by atoms with van der Waals surface area (Å²) >= 11 is 1.26. The smallest absolute Gasteiger partial charge is 0.234 e. The molecule has 0 fully saturated rings. The average Bonchev–Trinajstić information content (AvgIpc) is 2.69. The molecule has 0 aliphatic heterocycles. The third kappa shape index (κ3) is 4.43. The van der Waals surface area contributed by atoms with E-state index in [0.717, 1.165) is 0 Å². The predicted octanol–water partition coefficient (Wildman–Crippen LogP) is 0.258. The second-order valence-electron chi connectivity index (χ2n) is 3.29. The minimum absolute atomic E-state index is 0.0666. The average molecular weight is 242 g/mol. The van der Waals surface area contributed by atoms with E-state index >= 15 is 0 Å². The fraction of sp³-hybridized carbons (Fsp3) is 0.556. The standard InChI is InChI=1S/C9H14N4O2S/c1-7(14)3-4-11-9(15)8(2)16-13-6-10-5-12-13/h5-6,8H,3-4H2,1-2H3,(H,11,15). The van der Waals surface area contributed by atoms with Crippen LogP contribution in [-0.2, 0) is 9.59 Å². The molecule has 1 heterocycles. The molecular weight excluding hydrogens is 228 g/mol. The molecule has 88 valence electrons. The maximum atomic E-state index is 11.5. The zero-order valence-electron chi connectivity index (χ0n) is 9.21. The van der Waals surface area contributed by atoms with E-state index in [4.69, 9.17) is 0 Å². The highest BCUT2D eigenvalue weighted by Crippen LogP contribution is 2.10. The third-order valence-corrected chi connectivity index (χ3v) is 2.74. The molecule has 1 unspecified atom stereocenters. The molecule has 6 nitrogen and oxygen atoms in total. The molecule has 1 atom stereocenters. The molecular formula is C9H14N4O2S. The highest BCUT2D eigenvalue weighted by Gasteiger charge is 2.14. The molecule has 0 spiro atoms. The van der Waals surface area contributed by atoms with Crippen LogP contribution in [0.1, 0.15) is 20.3 Å². The molecule has 1 N–H and O–H groups in total. The van der Waals surface area contributed by atoms with Crippen LogP contribution < -0.4 is 5.32 Å². The molecule has 0 aromatic carbocycles. The maximum absolute atomic E-state index is 11.5. The molecule has 1 amide bonds. The van der Waals surface area contributed by atoms with Gasteiger partial charge < -0.3 is 5.32 Å². The van der Waals surface area contributed by atoms with Crippen LogP contribution in [0.25, 0.3) is 0 Å². The van der Waals surface area contributed by atoms with Gasteiger partial charge in [0.1, 0.15) is 23.7 Å². The van der Waals surface area contributed by atoms with Crippen LogP contribution in [-0.4, -0.2) is 37.7 Å². The fourth-order valence-electron chi connectivity index (χ4n) is 0.967. The molecule has 1 aromatic rings. The van der Waals surface area contributed by atoms with Crippen LogP contribution >= 0.6 is 11.9 Å². The van der Waals surface area contributed by atoms with Crippen molar-refractivity contribution in [3.63, 3.8) is 0 Å². The Morgan fingerprint density at radius 2 is 2.31 bits per heavy atom. The van der Waals surface area contributed by atoms with Gasteiger partial charge in [-0.05, 0) is 25.8 Å². The van der Waals surface area contributed by atoms with E-state index in [1.165, 1.54) is 35.6 Å². The van der Waals surface area contributed by atoms with E-state index < -0.39 is 0 Å². The number of aromatic nitrogens is 3. The van der Waals surface area contributed by atoms with E-state index in [9.17, 15) is 9.59 Å². The number of hydrogen-bond acceptors (Lipinski definition) is 5. The summed E-state index contributed by atoms with van der Waals surface area (Å²) in [7, 11) is 0. The van der Waals surface area contributed by atoms with Gasteiger partial charge in [-0.2, -0.15) is 4.09 Å². The van der Waals surface area contributed by atoms with Gasteiger partial charge in [0.25, 0.3) is 0 Å². The number of nitrogens with one attached hydrogen (secondary N) is 1. The molecule has 1 rings (SSSR count). The van der Waals surface area contributed by atoms with Gasteiger partial charge in [-0.25, -0.2) is 4.98 Å². The molecule has 0 saturated carbocycles. The van der Waals surface area contributed by atoms with Crippen molar-refractivity contribution in [2.75, 3.05) is 6.54 Å². The Morgan fingerprint density at radius 3 is 2.88 bits per heavy atom. The van der Waals surface area contributed by atoms with Crippen molar-refractivity contribution in [3.05, 3.63) is 12.7 Å². The number of Topliss-reactive ketones (excluding diaryl/α,β-unsaturated/α-hetero) is 1. The molecule has 16 heavy (non-hydrogen) atoms. The van der Waals surface area contributed by atoms with Crippen LogP contribution in [0.3, 0.4) is 0 Å². The Labute approximate surface area is 97.9 Å². The van der Waals surface area contributed by atoms with Crippen LogP contribution in [0.15, 0.2) is 12.7 Å². The second-order valence-corrected chi connectivity index (χ2v) is 4.58. The van der Waals surface area contributed by atoms with E-state index in [1.807, 2.05) is 0 Å². The topological polar surface area (TPSA) is 76.9 Å². The van der Waals surface area contributed by atoms with Gasteiger partial charge in [-0.3, -0.25) is 9.59 Å². The molecule has 7 heteroatoms. The largest absolute Gasteiger partial charge is 0.355 e. The SMILES string of the molecule is CC(=O)CCNC(=O)C(C)Sn1cncn1. The van der Waals surface area contributed by atoms with Crippen molar-refractivity contribution >= 4 is 23.6 Å². The zero-order chi connectivity index (χ0) is 12.0. The summed E-state index contributed by atoms with van der Waals surface area (Å²) in [6, 6.07) is 0. The predicted molar refractivity (Wildman–Crippen MR) is 60.8 cm³/mol. The Balaban J connectivity index is 2.28. The Morgan fingerprint density at radius 1 is 1.56 bits per heavy atom. The lowest BCUT2D eigenvalue weighted by Crippen LogP contribution is -2.32. The lowest BCUT2D eigenvalue weighted by Gasteiger charge is -2.10. The monoisotopic (exact) mass is 242 g/mol. The van der Waals surface area contributed by atoms with Gasteiger partial charge in [0.05, 0.1) is 0 Å². The quantitative estimate of drug-likeness (QED) is 0.774. The van der Waals surface area contributed by atoms with Crippen molar-refractivity contribution in [3.8, 4) is 0 Å². The van der Waals surface area contributed by atoms with Crippen LogP contribution in [0.4, 0.5) is 0 Å². The summed E-state index contributed by atoms with van der Waals surface area (Å²) in [5, 5.41) is 6.30. The van der Waals surface area contributed by atoms with Crippen LogP contribution in [0.2, 0.25) is 0 Å². The molecule has 0 radical (unpaired) electrons. The molecule has 1 aromatic heterocycles. The summed E-state index contributed by atoms with van der Waals surface area (Å²) in [4.78, 5) is 26.0. The van der Waals surface area contributed by atoms with Crippen molar-refractivity contribution in [2.45, 2.75) is 25.5 Å². The second kappa shape index (κ2) is 6.26. The van der Waals surface area contributed by atoms with Gasteiger partial charge in [-0.15, -0.1) is 5.10 Å². The van der Waals surface area contributed by atoms with E-state index in [1.54, 1.807) is 6.92 Å². The first-order chi connectivity index (χ1) is 7.59. The molecule has 0 bridgehead atoms. The first-order valence-corrected chi connectivity index (χ1v) is 5.72. The minimum atomic E-state index is -0.270. The normalized spacial score (nSPS) is 12.1. The number of amides is 1. The molecule has 0 saturated heterocycles. The molecule has 0 aliphatic carbocycles. The van der Waals surface area contributed by atoms with Gasteiger partial charge >= 0.3 is 0 Å². The summed E-state index contributed by atoms with van der Waals surface area (Å²) in [6.07, 6.45) is 3.31. The number of nitrogens with zero attached hydrogens (tertiary/aromatic N) is 3. The first kappa shape index (κ1) is 12.7. The number of rotatable bonds is 6. The van der Waals surface area contributed by atoms with Crippen molar-refractivity contribution in [1.29, 1.82) is 0 Å². The Bertz CT molecular complexity index is 352. The van der Waals surface area contributed by atoms with Crippen molar-refractivity contribution in [1.82, 2.24) is 19.5 Å². The van der Waals surface area contributed by atoms with Gasteiger partial charge in [0, 0.05) is 13.0 Å². The van der Waals surface area contributed by atoms with Crippen molar-refractivity contribution < 1.29 is 9.59 Å².